The predicted octanol–water partition coefficient (Wildman–Crippen LogP) is 7.74. The van der Waals surface area contributed by atoms with Gasteiger partial charge in [-0.3, -0.25) is 0 Å². The Labute approximate surface area is 163 Å². The van der Waals surface area contributed by atoms with Gasteiger partial charge in [0.15, 0.2) is 0 Å². The first kappa shape index (κ1) is 19.8. The molecule has 142 valence electrons. The van der Waals surface area contributed by atoms with Crippen LogP contribution in [0.4, 0.5) is 13.2 Å². The standard InChI is InChI=1S/C23H22ClF3/c1-3-4-5-7-16-13-18(23(25,26)27)10-11-20(16)17-12-15(2)19-8-6-9-22(24)21(19)14-17/h6,8-13H,2-5,7,14H2,1H3. The Kier molecular flexibility index (Phi) is 5.81. The van der Waals surface area contributed by atoms with Gasteiger partial charge in [-0.15, -0.1) is 0 Å². The Hall–Kier alpha value is -2.00. The molecule has 0 fully saturated rings. The van der Waals surface area contributed by atoms with Crippen LogP contribution in [-0.4, -0.2) is 0 Å². The lowest BCUT2D eigenvalue weighted by atomic mass is 9.83. The molecule has 0 saturated carbocycles. The summed E-state index contributed by atoms with van der Waals surface area (Å²) in [5.41, 5.74) is 4.82. The van der Waals surface area contributed by atoms with Crippen LogP contribution in [0.3, 0.4) is 0 Å². The molecule has 0 unspecified atom stereocenters. The highest BCUT2D eigenvalue weighted by molar-refractivity contribution is 6.31. The van der Waals surface area contributed by atoms with E-state index in [1.54, 1.807) is 6.07 Å². The summed E-state index contributed by atoms with van der Waals surface area (Å²) in [5.74, 6) is 0. The predicted molar refractivity (Wildman–Crippen MR) is 107 cm³/mol. The van der Waals surface area contributed by atoms with Crippen molar-refractivity contribution >= 4 is 22.7 Å². The van der Waals surface area contributed by atoms with Crippen molar-refractivity contribution in [3.8, 4) is 0 Å². The Morgan fingerprint density at radius 3 is 2.56 bits per heavy atom. The third-order valence-electron chi connectivity index (χ3n) is 5.01. The summed E-state index contributed by atoms with van der Waals surface area (Å²) in [7, 11) is 0. The maximum Gasteiger partial charge on any atom is 0.416 e. The number of unbranched alkanes of at least 4 members (excludes halogenated alkanes) is 2. The van der Waals surface area contributed by atoms with Crippen molar-refractivity contribution in [1.82, 2.24) is 0 Å². The fraction of sp³-hybridized carbons (Fsp3) is 0.304. The molecule has 1 aliphatic carbocycles. The van der Waals surface area contributed by atoms with Crippen molar-refractivity contribution in [2.75, 3.05) is 0 Å². The lowest BCUT2D eigenvalue weighted by Crippen LogP contribution is -2.09. The van der Waals surface area contributed by atoms with E-state index >= 15 is 0 Å². The summed E-state index contributed by atoms with van der Waals surface area (Å²) in [6.45, 7) is 6.20. The average Bonchev–Trinajstić information content (AvgIpc) is 2.62. The van der Waals surface area contributed by atoms with Gasteiger partial charge >= 0.3 is 6.18 Å². The minimum Gasteiger partial charge on any atom is -0.166 e. The highest BCUT2D eigenvalue weighted by Gasteiger charge is 2.31. The number of alkyl halides is 3. The van der Waals surface area contributed by atoms with Crippen LogP contribution in [0, 0.1) is 0 Å². The van der Waals surface area contributed by atoms with Gasteiger partial charge in [-0.25, -0.2) is 0 Å². The molecule has 3 rings (SSSR count). The van der Waals surface area contributed by atoms with Gasteiger partial charge in [0.25, 0.3) is 0 Å². The van der Waals surface area contributed by atoms with Crippen molar-refractivity contribution < 1.29 is 13.2 Å². The first-order valence-corrected chi connectivity index (χ1v) is 9.56. The normalized spacial score (nSPS) is 14.1. The third kappa shape index (κ3) is 4.30. The summed E-state index contributed by atoms with van der Waals surface area (Å²) in [4.78, 5) is 0. The van der Waals surface area contributed by atoms with Crippen molar-refractivity contribution in [2.24, 2.45) is 0 Å². The summed E-state index contributed by atoms with van der Waals surface area (Å²) >= 11 is 6.37. The second-order valence-corrected chi connectivity index (χ2v) is 7.37. The number of rotatable bonds is 5. The topological polar surface area (TPSA) is 0 Å². The van der Waals surface area contributed by atoms with Crippen molar-refractivity contribution in [3.05, 3.63) is 81.9 Å². The molecule has 0 nitrogen and oxygen atoms in total. The summed E-state index contributed by atoms with van der Waals surface area (Å²) in [6, 6.07) is 9.78. The highest BCUT2D eigenvalue weighted by atomic mass is 35.5. The van der Waals surface area contributed by atoms with E-state index in [-0.39, 0.29) is 0 Å². The smallest absolute Gasteiger partial charge is 0.166 e. The van der Waals surface area contributed by atoms with E-state index in [4.69, 9.17) is 11.6 Å². The largest absolute Gasteiger partial charge is 0.416 e. The highest BCUT2D eigenvalue weighted by Crippen LogP contribution is 2.39. The molecular formula is C23H22ClF3. The van der Waals surface area contributed by atoms with Gasteiger partial charge in [0.1, 0.15) is 0 Å². The second-order valence-electron chi connectivity index (χ2n) is 6.96. The summed E-state index contributed by atoms with van der Waals surface area (Å²) in [6.07, 6.45) is 1.76. The summed E-state index contributed by atoms with van der Waals surface area (Å²) < 4.78 is 39.6. The Balaban J connectivity index is 2.03. The molecule has 0 bridgehead atoms. The van der Waals surface area contributed by atoms with E-state index in [0.29, 0.717) is 17.9 Å². The number of allylic oxidation sites excluding steroid dienone is 3. The van der Waals surface area contributed by atoms with Crippen molar-refractivity contribution in [2.45, 2.75) is 45.2 Å². The zero-order chi connectivity index (χ0) is 19.6. The molecule has 0 saturated heterocycles. The molecule has 0 aromatic heterocycles. The number of fused-ring (bicyclic) bond motifs is 1. The maximum absolute atomic E-state index is 13.2. The van der Waals surface area contributed by atoms with Gasteiger partial charge in [-0.1, -0.05) is 62.2 Å². The maximum atomic E-state index is 13.2. The Morgan fingerprint density at radius 1 is 1.07 bits per heavy atom. The Bertz CT molecular complexity index is 891. The molecular weight excluding hydrogens is 369 g/mol. The monoisotopic (exact) mass is 390 g/mol. The van der Waals surface area contributed by atoms with Crippen molar-refractivity contribution in [1.29, 1.82) is 0 Å². The van der Waals surface area contributed by atoms with Crippen LogP contribution in [0.25, 0.3) is 11.1 Å². The SMILES string of the molecule is C=C1C=C(c2ccc(C(F)(F)F)cc2CCCCC)Cc2c(Cl)cccc21. The van der Waals surface area contributed by atoms with E-state index in [0.717, 1.165) is 52.7 Å². The van der Waals surface area contributed by atoms with Crippen LogP contribution in [0.5, 0.6) is 0 Å². The quantitative estimate of drug-likeness (QED) is 0.458. The van der Waals surface area contributed by atoms with Crippen LogP contribution in [-0.2, 0) is 19.0 Å². The average molecular weight is 391 g/mol. The molecule has 1 aliphatic rings. The Morgan fingerprint density at radius 2 is 1.85 bits per heavy atom. The van der Waals surface area contributed by atoms with E-state index in [1.165, 1.54) is 12.1 Å². The first-order chi connectivity index (χ1) is 12.8. The van der Waals surface area contributed by atoms with Gasteiger partial charge < -0.3 is 0 Å². The van der Waals surface area contributed by atoms with E-state index in [9.17, 15) is 13.2 Å². The fourth-order valence-corrected chi connectivity index (χ4v) is 3.84. The molecule has 0 atom stereocenters. The minimum absolute atomic E-state index is 0.591. The fourth-order valence-electron chi connectivity index (χ4n) is 3.60. The van der Waals surface area contributed by atoms with Gasteiger partial charge in [0.05, 0.1) is 5.56 Å². The molecule has 27 heavy (non-hydrogen) atoms. The van der Waals surface area contributed by atoms with E-state index < -0.39 is 11.7 Å². The molecule has 0 amide bonds. The molecule has 2 aromatic carbocycles. The van der Waals surface area contributed by atoms with Crippen LogP contribution >= 0.6 is 11.6 Å². The van der Waals surface area contributed by atoms with Gasteiger partial charge in [0.2, 0.25) is 0 Å². The van der Waals surface area contributed by atoms with Crippen molar-refractivity contribution in [3.63, 3.8) is 0 Å². The van der Waals surface area contributed by atoms with E-state index in [1.807, 2.05) is 24.3 Å². The lowest BCUT2D eigenvalue weighted by molar-refractivity contribution is -0.137. The second kappa shape index (κ2) is 7.93. The number of hydrogen-bond donors (Lipinski definition) is 0. The zero-order valence-electron chi connectivity index (χ0n) is 15.3. The molecule has 0 heterocycles. The molecule has 4 heteroatoms. The van der Waals surface area contributed by atoms with E-state index in [2.05, 4.69) is 13.5 Å². The lowest BCUT2D eigenvalue weighted by Gasteiger charge is -2.23. The van der Waals surface area contributed by atoms with Gasteiger partial charge in [-0.05, 0) is 64.4 Å². The van der Waals surface area contributed by atoms with Gasteiger partial charge in [0, 0.05) is 11.4 Å². The number of halogens is 4. The van der Waals surface area contributed by atoms with Crippen LogP contribution in [0.1, 0.15) is 54.0 Å². The molecule has 2 aromatic rings. The zero-order valence-corrected chi connectivity index (χ0v) is 16.1. The van der Waals surface area contributed by atoms with Gasteiger partial charge in [-0.2, -0.15) is 13.2 Å². The van der Waals surface area contributed by atoms with Crippen LogP contribution < -0.4 is 0 Å². The molecule has 0 N–H and O–H groups in total. The summed E-state index contributed by atoms with van der Waals surface area (Å²) in [5, 5.41) is 0.665. The molecule has 0 aliphatic heterocycles. The number of hydrogen-bond acceptors (Lipinski definition) is 0. The molecule has 0 radical (unpaired) electrons. The number of aryl methyl sites for hydroxylation is 1. The number of benzene rings is 2. The minimum atomic E-state index is -4.33. The van der Waals surface area contributed by atoms with Crippen LogP contribution in [0.15, 0.2) is 49.1 Å². The molecule has 0 spiro atoms. The first-order valence-electron chi connectivity index (χ1n) is 9.19. The third-order valence-corrected chi connectivity index (χ3v) is 5.36. The van der Waals surface area contributed by atoms with Crippen LogP contribution in [0.2, 0.25) is 5.02 Å².